The van der Waals surface area contributed by atoms with Gasteiger partial charge in [0.2, 0.25) is 11.8 Å². The number of aromatic nitrogens is 2. The average Bonchev–Trinajstić information content (AvgIpc) is 3.35. The summed E-state index contributed by atoms with van der Waals surface area (Å²) in [5.41, 5.74) is 1.45. The zero-order valence-electron chi connectivity index (χ0n) is 16.7. The molecule has 30 heavy (non-hydrogen) atoms. The highest BCUT2D eigenvalue weighted by Crippen LogP contribution is 2.29. The summed E-state index contributed by atoms with van der Waals surface area (Å²) in [6, 6.07) is 14.9. The quantitative estimate of drug-likeness (QED) is 0.657. The van der Waals surface area contributed by atoms with Crippen LogP contribution in [0.1, 0.15) is 6.42 Å². The average molecular weight is 423 g/mol. The van der Waals surface area contributed by atoms with E-state index >= 15 is 0 Å². The smallest absolute Gasteiger partial charge is 0.229 e. The SMILES string of the molecule is COc1cccc(N2CC(C(=O)Nc3ccc(Sc4nccn4C)cc3)CC2=O)c1. The lowest BCUT2D eigenvalue weighted by molar-refractivity contribution is -0.122. The molecule has 7 nitrogen and oxygen atoms in total. The van der Waals surface area contributed by atoms with Crippen molar-refractivity contribution in [3.8, 4) is 5.75 Å². The van der Waals surface area contributed by atoms with E-state index in [0.717, 1.165) is 15.7 Å². The summed E-state index contributed by atoms with van der Waals surface area (Å²) in [7, 11) is 3.53. The van der Waals surface area contributed by atoms with Crippen molar-refractivity contribution < 1.29 is 14.3 Å². The molecule has 0 saturated carbocycles. The van der Waals surface area contributed by atoms with E-state index in [9.17, 15) is 9.59 Å². The molecule has 1 aliphatic rings. The highest BCUT2D eigenvalue weighted by molar-refractivity contribution is 7.99. The van der Waals surface area contributed by atoms with Crippen molar-refractivity contribution in [2.75, 3.05) is 23.9 Å². The molecule has 0 radical (unpaired) electrons. The van der Waals surface area contributed by atoms with Gasteiger partial charge in [-0.3, -0.25) is 9.59 Å². The van der Waals surface area contributed by atoms with Crippen LogP contribution in [0.4, 0.5) is 11.4 Å². The number of imidazole rings is 1. The van der Waals surface area contributed by atoms with Crippen LogP contribution in [0.5, 0.6) is 5.75 Å². The number of anilines is 2. The van der Waals surface area contributed by atoms with Gasteiger partial charge in [-0.2, -0.15) is 0 Å². The summed E-state index contributed by atoms with van der Waals surface area (Å²) in [6.07, 6.45) is 3.85. The van der Waals surface area contributed by atoms with Crippen LogP contribution < -0.4 is 15.0 Å². The molecule has 1 saturated heterocycles. The predicted molar refractivity (Wildman–Crippen MR) is 116 cm³/mol. The molecule has 154 valence electrons. The number of ether oxygens (including phenoxy) is 1. The Kier molecular flexibility index (Phi) is 5.76. The van der Waals surface area contributed by atoms with Crippen LogP contribution in [0.25, 0.3) is 0 Å². The van der Waals surface area contributed by atoms with Gasteiger partial charge in [0.1, 0.15) is 5.75 Å². The van der Waals surface area contributed by atoms with E-state index in [1.165, 1.54) is 0 Å². The molecular weight excluding hydrogens is 400 g/mol. The Labute approximate surface area is 179 Å². The van der Waals surface area contributed by atoms with Gasteiger partial charge in [0.15, 0.2) is 5.16 Å². The number of methoxy groups -OCH3 is 1. The lowest BCUT2D eigenvalue weighted by Crippen LogP contribution is -2.28. The fraction of sp³-hybridized carbons (Fsp3) is 0.227. The summed E-state index contributed by atoms with van der Waals surface area (Å²) in [6.45, 7) is 0.352. The third-order valence-corrected chi connectivity index (χ3v) is 6.05. The van der Waals surface area contributed by atoms with Gasteiger partial charge in [-0.15, -0.1) is 0 Å². The van der Waals surface area contributed by atoms with Crippen LogP contribution in [0, 0.1) is 5.92 Å². The van der Waals surface area contributed by atoms with Crippen LogP contribution in [-0.2, 0) is 16.6 Å². The Bertz CT molecular complexity index is 1060. The topological polar surface area (TPSA) is 76.5 Å². The van der Waals surface area contributed by atoms with E-state index in [0.29, 0.717) is 18.0 Å². The van der Waals surface area contributed by atoms with Gasteiger partial charge in [0.05, 0.1) is 13.0 Å². The second-order valence-corrected chi connectivity index (χ2v) is 8.08. The van der Waals surface area contributed by atoms with Crippen LogP contribution in [0.2, 0.25) is 0 Å². The number of nitrogens with zero attached hydrogens (tertiary/aromatic N) is 3. The highest BCUT2D eigenvalue weighted by atomic mass is 32.2. The van der Waals surface area contributed by atoms with E-state index in [1.54, 1.807) is 36.0 Å². The lowest BCUT2D eigenvalue weighted by atomic mass is 10.1. The third kappa shape index (κ3) is 4.33. The first-order valence-corrected chi connectivity index (χ1v) is 10.4. The Hall–Kier alpha value is -3.26. The van der Waals surface area contributed by atoms with E-state index in [1.807, 2.05) is 60.3 Å². The lowest BCUT2D eigenvalue weighted by Gasteiger charge is -2.17. The summed E-state index contributed by atoms with van der Waals surface area (Å²) in [4.78, 5) is 32.1. The van der Waals surface area contributed by atoms with Crippen LogP contribution in [0.3, 0.4) is 0 Å². The maximum absolute atomic E-state index is 12.7. The fourth-order valence-corrected chi connectivity index (χ4v) is 4.12. The molecule has 1 atom stereocenters. The number of hydrogen-bond acceptors (Lipinski definition) is 5. The fourth-order valence-electron chi connectivity index (χ4n) is 3.32. The maximum Gasteiger partial charge on any atom is 0.229 e. The normalized spacial score (nSPS) is 16.0. The minimum Gasteiger partial charge on any atom is -0.497 e. The summed E-state index contributed by atoms with van der Waals surface area (Å²) < 4.78 is 7.18. The molecule has 0 bridgehead atoms. The number of carbonyl (C=O) groups excluding carboxylic acids is 2. The Morgan fingerprint density at radius 3 is 2.73 bits per heavy atom. The number of rotatable bonds is 6. The number of benzene rings is 2. The van der Waals surface area contributed by atoms with Crippen molar-refractivity contribution in [1.82, 2.24) is 9.55 Å². The standard InChI is InChI=1S/C22H22N4O3S/c1-25-11-10-23-22(25)30-19-8-6-16(7-9-19)24-21(28)15-12-20(27)26(14-15)17-4-3-5-18(13-17)29-2/h3-11,13,15H,12,14H2,1-2H3,(H,24,28). The van der Waals surface area contributed by atoms with Crippen molar-refractivity contribution in [1.29, 1.82) is 0 Å². The van der Waals surface area contributed by atoms with Crippen molar-refractivity contribution in [3.05, 3.63) is 60.9 Å². The molecule has 1 aliphatic heterocycles. The second-order valence-electron chi connectivity index (χ2n) is 7.04. The van der Waals surface area contributed by atoms with E-state index in [2.05, 4.69) is 10.3 Å². The molecule has 4 rings (SSSR count). The first-order valence-electron chi connectivity index (χ1n) is 9.54. The Balaban J connectivity index is 1.38. The van der Waals surface area contributed by atoms with E-state index in [4.69, 9.17) is 4.74 Å². The van der Waals surface area contributed by atoms with Crippen LogP contribution >= 0.6 is 11.8 Å². The monoisotopic (exact) mass is 422 g/mol. The van der Waals surface area contributed by atoms with E-state index < -0.39 is 5.92 Å². The van der Waals surface area contributed by atoms with Crippen molar-refractivity contribution in [2.45, 2.75) is 16.5 Å². The molecule has 1 aromatic heterocycles. The van der Waals surface area contributed by atoms with Gasteiger partial charge in [-0.1, -0.05) is 17.8 Å². The molecule has 1 fully saturated rings. The number of carbonyl (C=O) groups is 2. The van der Waals surface area contributed by atoms with Crippen molar-refractivity contribution in [2.24, 2.45) is 13.0 Å². The number of amides is 2. The third-order valence-electron chi connectivity index (χ3n) is 4.97. The molecule has 2 heterocycles. The largest absolute Gasteiger partial charge is 0.497 e. The maximum atomic E-state index is 12.7. The molecule has 0 aliphatic carbocycles. The first-order chi connectivity index (χ1) is 14.5. The Morgan fingerprint density at radius 2 is 2.03 bits per heavy atom. The summed E-state index contributed by atoms with van der Waals surface area (Å²) in [5.74, 6) is 0.0606. The van der Waals surface area contributed by atoms with Crippen LogP contribution in [0.15, 0.2) is 71.0 Å². The minimum absolute atomic E-state index is 0.0646. The summed E-state index contributed by atoms with van der Waals surface area (Å²) in [5, 5.41) is 3.82. The molecule has 2 amide bonds. The molecule has 3 aromatic rings. The van der Waals surface area contributed by atoms with Gasteiger partial charge in [-0.25, -0.2) is 4.98 Å². The van der Waals surface area contributed by atoms with Gasteiger partial charge in [0.25, 0.3) is 0 Å². The molecule has 0 spiro atoms. The number of aryl methyl sites for hydroxylation is 1. The van der Waals surface area contributed by atoms with Crippen molar-refractivity contribution in [3.63, 3.8) is 0 Å². The van der Waals surface area contributed by atoms with Gasteiger partial charge >= 0.3 is 0 Å². The van der Waals surface area contributed by atoms with Gasteiger partial charge < -0.3 is 19.5 Å². The molecule has 8 heteroatoms. The summed E-state index contributed by atoms with van der Waals surface area (Å²) >= 11 is 1.55. The number of hydrogen-bond donors (Lipinski definition) is 1. The minimum atomic E-state index is -0.398. The van der Waals surface area contributed by atoms with Gasteiger partial charge in [0, 0.05) is 54.7 Å². The van der Waals surface area contributed by atoms with Crippen molar-refractivity contribution >= 4 is 35.0 Å². The van der Waals surface area contributed by atoms with Gasteiger partial charge in [-0.05, 0) is 36.4 Å². The number of nitrogens with one attached hydrogen (secondary N) is 1. The molecular formula is C22H22N4O3S. The molecule has 1 N–H and O–H groups in total. The molecule has 1 unspecified atom stereocenters. The van der Waals surface area contributed by atoms with Crippen LogP contribution in [-0.4, -0.2) is 35.0 Å². The predicted octanol–water partition coefficient (Wildman–Crippen LogP) is 3.57. The Morgan fingerprint density at radius 1 is 1.23 bits per heavy atom. The molecule has 2 aromatic carbocycles. The zero-order chi connectivity index (χ0) is 21.1. The zero-order valence-corrected chi connectivity index (χ0v) is 17.6. The second kappa shape index (κ2) is 8.62. The van der Waals surface area contributed by atoms with E-state index in [-0.39, 0.29) is 18.2 Å². The highest BCUT2D eigenvalue weighted by Gasteiger charge is 2.35. The first kappa shape index (κ1) is 20.0.